The SMILES string of the molecule is CC(=O)N[C@@H](CC(=O)O)C(=O)N[C@H](C(=O)N[C@@H](CCCNC(N)=O)C(=O)O)C(C)C. The maximum atomic E-state index is 12.6. The molecule has 8 N–H and O–H groups in total. The first-order chi connectivity index (χ1) is 13.8. The van der Waals surface area contributed by atoms with Gasteiger partial charge in [0.05, 0.1) is 6.42 Å². The number of carbonyl (C=O) groups is 6. The molecule has 0 aliphatic carbocycles. The molecule has 0 unspecified atom stereocenters. The Kier molecular flexibility index (Phi) is 11.5. The van der Waals surface area contributed by atoms with Crippen LogP contribution in [0.4, 0.5) is 4.79 Å². The van der Waals surface area contributed by atoms with E-state index >= 15 is 0 Å². The summed E-state index contributed by atoms with van der Waals surface area (Å²) in [4.78, 5) is 69.1. The van der Waals surface area contributed by atoms with Gasteiger partial charge in [0.25, 0.3) is 0 Å². The van der Waals surface area contributed by atoms with Gasteiger partial charge in [-0.25, -0.2) is 9.59 Å². The van der Waals surface area contributed by atoms with Gasteiger partial charge >= 0.3 is 18.0 Å². The Morgan fingerprint density at radius 1 is 0.900 bits per heavy atom. The number of aliphatic carboxylic acids is 2. The largest absolute Gasteiger partial charge is 0.481 e. The minimum atomic E-state index is -1.40. The number of rotatable bonds is 13. The molecule has 0 aromatic rings. The second-order valence-corrected chi connectivity index (χ2v) is 6.91. The first-order valence-electron chi connectivity index (χ1n) is 9.20. The molecule has 0 bridgehead atoms. The number of hydrogen-bond donors (Lipinski definition) is 7. The van der Waals surface area contributed by atoms with E-state index in [1.165, 1.54) is 0 Å². The van der Waals surface area contributed by atoms with Crippen LogP contribution >= 0.6 is 0 Å². The number of carbonyl (C=O) groups excluding carboxylic acids is 4. The molecule has 0 saturated heterocycles. The zero-order valence-electron chi connectivity index (χ0n) is 17.1. The van der Waals surface area contributed by atoms with Gasteiger partial charge in [-0.1, -0.05) is 13.8 Å². The Hall–Kier alpha value is -3.38. The van der Waals surface area contributed by atoms with Crippen LogP contribution in [0.1, 0.15) is 40.0 Å². The van der Waals surface area contributed by atoms with Gasteiger partial charge in [-0.3, -0.25) is 19.2 Å². The van der Waals surface area contributed by atoms with E-state index in [9.17, 15) is 33.9 Å². The van der Waals surface area contributed by atoms with Crippen molar-refractivity contribution in [3.8, 4) is 0 Å². The lowest BCUT2D eigenvalue weighted by atomic mass is 10.0. The topological polar surface area (TPSA) is 217 Å². The second kappa shape index (κ2) is 13.0. The van der Waals surface area contributed by atoms with E-state index in [4.69, 9.17) is 10.8 Å². The number of carboxylic acids is 2. The summed E-state index contributed by atoms with van der Waals surface area (Å²) in [5.74, 6) is -5.41. The highest BCUT2D eigenvalue weighted by Gasteiger charge is 2.31. The molecule has 5 amide bonds. The highest BCUT2D eigenvalue weighted by molar-refractivity contribution is 5.94. The van der Waals surface area contributed by atoms with Crippen LogP contribution < -0.4 is 27.0 Å². The molecule has 0 fully saturated rings. The minimum absolute atomic E-state index is 0.00630. The number of amides is 5. The molecule has 0 saturated carbocycles. The van der Waals surface area contributed by atoms with Crippen LogP contribution in [0.15, 0.2) is 0 Å². The summed E-state index contributed by atoms with van der Waals surface area (Å²) in [6, 6.07) is -4.61. The van der Waals surface area contributed by atoms with Crippen molar-refractivity contribution in [2.24, 2.45) is 11.7 Å². The van der Waals surface area contributed by atoms with Gasteiger partial charge in [0.1, 0.15) is 18.1 Å². The number of nitrogens with one attached hydrogen (secondary N) is 4. The van der Waals surface area contributed by atoms with E-state index in [1.54, 1.807) is 13.8 Å². The molecule has 0 aromatic carbocycles. The van der Waals surface area contributed by atoms with Crippen molar-refractivity contribution in [1.29, 1.82) is 0 Å². The lowest BCUT2D eigenvalue weighted by Gasteiger charge is -2.26. The van der Waals surface area contributed by atoms with Crippen molar-refractivity contribution in [2.75, 3.05) is 6.54 Å². The highest BCUT2D eigenvalue weighted by Crippen LogP contribution is 2.06. The van der Waals surface area contributed by atoms with Crippen molar-refractivity contribution in [1.82, 2.24) is 21.3 Å². The lowest BCUT2D eigenvalue weighted by Crippen LogP contribution is -2.57. The minimum Gasteiger partial charge on any atom is -0.481 e. The van der Waals surface area contributed by atoms with E-state index in [1.807, 2.05) is 0 Å². The van der Waals surface area contributed by atoms with E-state index < -0.39 is 66.2 Å². The van der Waals surface area contributed by atoms with E-state index in [-0.39, 0.29) is 19.4 Å². The predicted octanol–water partition coefficient (Wildman–Crippen LogP) is -1.88. The standard InChI is InChI=1S/C17H29N5O8/c1-8(2)13(22-14(26)11(7-12(24)25)20-9(3)23)15(27)21-10(16(28)29)5-4-6-19-17(18)30/h8,10-11,13H,4-7H2,1-3H3,(H,20,23)(H,21,27)(H,22,26)(H,24,25)(H,28,29)(H3,18,19,30)/t10-,11-,13-/m0/s1. The fourth-order valence-corrected chi connectivity index (χ4v) is 2.45. The summed E-state index contributed by atoms with van der Waals surface area (Å²) in [6.07, 6.45) is -0.474. The summed E-state index contributed by atoms with van der Waals surface area (Å²) in [6.45, 7) is 4.43. The third-order valence-corrected chi connectivity index (χ3v) is 3.90. The fourth-order valence-electron chi connectivity index (χ4n) is 2.45. The number of nitrogens with two attached hydrogens (primary N) is 1. The highest BCUT2D eigenvalue weighted by atomic mass is 16.4. The van der Waals surface area contributed by atoms with E-state index in [0.29, 0.717) is 0 Å². The third kappa shape index (κ3) is 10.8. The number of carboxylic acid groups (broad SMARTS) is 2. The Labute approximate surface area is 173 Å². The molecule has 0 aromatic heterocycles. The average Bonchev–Trinajstić information content (AvgIpc) is 2.59. The van der Waals surface area contributed by atoms with Crippen LogP contribution in [0.3, 0.4) is 0 Å². The quantitative estimate of drug-likeness (QED) is 0.163. The fraction of sp³-hybridized carbons (Fsp3) is 0.647. The summed E-state index contributed by atoms with van der Waals surface area (Å²) < 4.78 is 0. The van der Waals surface area contributed by atoms with Gasteiger partial charge in [0, 0.05) is 13.5 Å². The number of primary amides is 1. The van der Waals surface area contributed by atoms with Gasteiger partial charge < -0.3 is 37.2 Å². The molecular formula is C17H29N5O8. The maximum absolute atomic E-state index is 12.6. The average molecular weight is 431 g/mol. The van der Waals surface area contributed by atoms with Crippen LogP contribution in [-0.2, 0) is 24.0 Å². The molecule has 13 heteroatoms. The molecule has 0 aliphatic heterocycles. The van der Waals surface area contributed by atoms with Crippen LogP contribution in [0, 0.1) is 5.92 Å². The van der Waals surface area contributed by atoms with Crippen LogP contribution in [0.25, 0.3) is 0 Å². The summed E-state index contributed by atoms with van der Waals surface area (Å²) in [7, 11) is 0. The van der Waals surface area contributed by atoms with Crippen molar-refractivity contribution in [3.63, 3.8) is 0 Å². The van der Waals surface area contributed by atoms with Crippen LogP contribution in [0.2, 0.25) is 0 Å². The molecule has 30 heavy (non-hydrogen) atoms. The Morgan fingerprint density at radius 2 is 1.50 bits per heavy atom. The zero-order valence-corrected chi connectivity index (χ0v) is 17.1. The van der Waals surface area contributed by atoms with Gasteiger partial charge in [-0.15, -0.1) is 0 Å². The van der Waals surface area contributed by atoms with Crippen molar-refractivity contribution >= 4 is 35.7 Å². The van der Waals surface area contributed by atoms with Gasteiger partial charge in [-0.05, 0) is 18.8 Å². The van der Waals surface area contributed by atoms with E-state index in [0.717, 1.165) is 6.92 Å². The van der Waals surface area contributed by atoms with Gasteiger partial charge in [-0.2, -0.15) is 0 Å². The molecule has 0 radical (unpaired) electrons. The van der Waals surface area contributed by atoms with Gasteiger partial charge in [0.2, 0.25) is 17.7 Å². The van der Waals surface area contributed by atoms with Crippen LogP contribution in [0.5, 0.6) is 0 Å². The second-order valence-electron chi connectivity index (χ2n) is 6.91. The zero-order chi connectivity index (χ0) is 23.4. The smallest absolute Gasteiger partial charge is 0.326 e. The molecule has 170 valence electrons. The van der Waals surface area contributed by atoms with Crippen molar-refractivity contribution in [3.05, 3.63) is 0 Å². The first kappa shape index (κ1) is 26.6. The monoisotopic (exact) mass is 431 g/mol. The molecule has 0 aliphatic rings. The molecule has 3 atom stereocenters. The number of hydrogen-bond acceptors (Lipinski definition) is 6. The Morgan fingerprint density at radius 3 is 1.93 bits per heavy atom. The summed E-state index contributed by atoms with van der Waals surface area (Å²) >= 11 is 0. The van der Waals surface area contributed by atoms with Gasteiger partial charge in [0.15, 0.2) is 0 Å². The lowest BCUT2D eigenvalue weighted by molar-refractivity contribution is -0.143. The molecule has 0 rings (SSSR count). The molecule has 0 spiro atoms. The van der Waals surface area contributed by atoms with Crippen LogP contribution in [-0.4, -0.2) is 70.6 Å². The Balaban J connectivity index is 5.14. The summed E-state index contributed by atoms with van der Waals surface area (Å²) in [5, 5.41) is 27.4. The number of urea groups is 1. The normalized spacial score (nSPS) is 13.5. The molecular weight excluding hydrogens is 402 g/mol. The first-order valence-corrected chi connectivity index (χ1v) is 9.20. The predicted molar refractivity (Wildman–Crippen MR) is 103 cm³/mol. The molecule has 0 heterocycles. The maximum Gasteiger partial charge on any atom is 0.326 e. The van der Waals surface area contributed by atoms with Crippen molar-refractivity contribution < 1.29 is 39.0 Å². The Bertz CT molecular complexity index is 651. The third-order valence-electron chi connectivity index (χ3n) is 3.90. The summed E-state index contributed by atoms with van der Waals surface area (Å²) in [5.41, 5.74) is 4.91. The van der Waals surface area contributed by atoms with Crippen molar-refractivity contribution in [2.45, 2.75) is 58.2 Å². The van der Waals surface area contributed by atoms with E-state index in [2.05, 4.69) is 21.3 Å². The molecule has 13 nitrogen and oxygen atoms in total.